The number of nitrogen functional groups attached to an aromatic ring is 1. The lowest BCUT2D eigenvalue weighted by Crippen LogP contribution is -2.45. The second-order valence-electron chi connectivity index (χ2n) is 9.89. The van der Waals surface area contributed by atoms with E-state index in [0.29, 0.717) is 73.5 Å². The van der Waals surface area contributed by atoms with Crippen LogP contribution < -0.4 is 26.3 Å². The van der Waals surface area contributed by atoms with Crippen LogP contribution in [-0.4, -0.2) is 75.5 Å². The number of halogens is 2. The van der Waals surface area contributed by atoms with Crippen molar-refractivity contribution in [3.63, 3.8) is 0 Å². The number of fused-ring (bicyclic) bond motifs is 2. The van der Waals surface area contributed by atoms with E-state index in [0.717, 1.165) is 33.8 Å². The summed E-state index contributed by atoms with van der Waals surface area (Å²) in [6.07, 6.45) is 3.23. The van der Waals surface area contributed by atoms with Crippen LogP contribution in [0.25, 0.3) is 11.2 Å². The smallest absolute Gasteiger partial charge is 0.407 e. The number of nitrogens with zero attached hydrogens (tertiary/aromatic N) is 5. The van der Waals surface area contributed by atoms with Gasteiger partial charge in [-0.05, 0) is 73.1 Å². The number of benzene rings is 1. The zero-order valence-corrected chi connectivity index (χ0v) is 26.3. The van der Waals surface area contributed by atoms with Gasteiger partial charge in [0.25, 0.3) is 5.91 Å². The summed E-state index contributed by atoms with van der Waals surface area (Å²) in [6.45, 7) is 4.59. The summed E-state index contributed by atoms with van der Waals surface area (Å²) in [7, 11) is 0. The molecule has 2 amide bonds. The maximum Gasteiger partial charge on any atom is 0.407 e. The van der Waals surface area contributed by atoms with Crippen LogP contribution >= 0.6 is 40.1 Å². The van der Waals surface area contributed by atoms with Crippen molar-refractivity contribution in [3.05, 3.63) is 22.9 Å². The zero-order chi connectivity index (χ0) is 28.9. The van der Waals surface area contributed by atoms with Gasteiger partial charge in [0, 0.05) is 35.5 Å². The molecule has 0 bridgehead atoms. The predicted octanol–water partition coefficient (Wildman–Crippen LogP) is 3.56. The number of hydrogen-bond donors (Lipinski definition) is 3. The van der Waals surface area contributed by atoms with Crippen LogP contribution in [0.5, 0.6) is 11.5 Å². The molecule has 42 heavy (non-hydrogen) atoms. The average Bonchev–Trinajstić information content (AvgIpc) is 3.56. The van der Waals surface area contributed by atoms with Crippen molar-refractivity contribution in [2.45, 2.75) is 55.3 Å². The van der Waals surface area contributed by atoms with E-state index in [2.05, 4.69) is 35.8 Å². The Morgan fingerprint density at radius 3 is 2.71 bits per heavy atom. The van der Waals surface area contributed by atoms with Crippen LogP contribution in [-0.2, 0) is 16.1 Å². The lowest BCUT2D eigenvalue weighted by atomic mass is 9.93. The fourth-order valence-electron chi connectivity index (χ4n) is 4.84. The number of rotatable bonds is 10. The molecule has 16 heteroatoms. The number of ether oxygens (including phenoxy) is 3. The summed E-state index contributed by atoms with van der Waals surface area (Å²) in [6, 6.07) is 3.82. The highest BCUT2D eigenvalue weighted by atomic mass is 79.9. The summed E-state index contributed by atoms with van der Waals surface area (Å²) in [4.78, 5) is 40.8. The minimum atomic E-state index is -0.845. The van der Waals surface area contributed by atoms with E-state index in [9.17, 15) is 9.59 Å². The number of carbonyl (C=O) groups excluding carboxylic acids is 2. The Balaban J connectivity index is 0.00000405. The van der Waals surface area contributed by atoms with Gasteiger partial charge in [0.15, 0.2) is 39.7 Å². The summed E-state index contributed by atoms with van der Waals surface area (Å²) in [5.74, 6) is 1.93. The molecule has 2 aromatic heterocycles. The van der Waals surface area contributed by atoms with Crippen LogP contribution in [0.4, 0.5) is 10.6 Å². The number of likely N-dealkylation sites (tertiary alicyclic amines) is 1. The number of alkyl carbamates (subject to hydrolysis) is 1. The first kappa shape index (κ1) is 31.9. The van der Waals surface area contributed by atoms with Crippen molar-refractivity contribution in [1.82, 2.24) is 29.7 Å². The summed E-state index contributed by atoms with van der Waals surface area (Å²) >= 11 is 5.12. The van der Waals surface area contributed by atoms with Crippen molar-refractivity contribution in [1.29, 1.82) is 0 Å². The molecule has 0 spiro atoms. The van der Waals surface area contributed by atoms with E-state index in [1.54, 1.807) is 11.8 Å². The highest BCUT2D eigenvalue weighted by Gasteiger charge is 2.28. The lowest BCUT2D eigenvalue weighted by molar-refractivity contribution is -0.140. The number of hydrogen-bond acceptors (Lipinski definition) is 11. The van der Waals surface area contributed by atoms with Crippen LogP contribution in [0.15, 0.2) is 33.0 Å². The summed E-state index contributed by atoms with van der Waals surface area (Å²) in [5, 5.41) is 3.35. The Morgan fingerprint density at radius 1 is 1.24 bits per heavy atom. The molecular weight excluding hydrogens is 652 g/mol. The van der Waals surface area contributed by atoms with Crippen molar-refractivity contribution in [2.24, 2.45) is 11.7 Å². The molecule has 5 rings (SSSR count). The van der Waals surface area contributed by atoms with Crippen molar-refractivity contribution >= 4 is 69.1 Å². The molecule has 2 aliphatic rings. The molecule has 0 unspecified atom stereocenters. The molecule has 13 nitrogen and oxygen atoms in total. The second kappa shape index (κ2) is 14.4. The topological polar surface area (TPSA) is 173 Å². The van der Waals surface area contributed by atoms with Crippen LogP contribution in [0.2, 0.25) is 0 Å². The number of piperidine rings is 1. The molecule has 3 aromatic rings. The van der Waals surface area contributed by atoms with Crippen molar-refractivity contribution < 1.29 is 23.8 Å². The maximum atomic E-state index is 12.8. The van der Waals surface area contributed by atoms with Crippen LogP contribution in [0.1, 0.15) is 32.6 Å². The summed E-state index contributed by atoms with van der Waals surface area (Å²) in [5.41, 5.74) is 12.8. The zero-order valence-electron chi connectivity index (χ0n) is 23.1. The fourth-order valence-corrected chi connectivity index (χ4v) is 6.35. The van der Waals surface area contributed by atoms with Gasteiger partial charge in [-0.3, -0.25) is 4.79 Å². The normalized spacial score (nSPS) is 15.4. The predicted molar refractivity (Wildman–Crippen MR) is 163 cm³/mol. The SMILES string of the molecule is C[C@H](OC(=O)NCCCN)C(=O)N1CCC(CCn2c(Sc3cc4c(cc3Br)OCO4)nc3c(N)ncnc32)CC1.Cl. The largest absolute Gasteiger partial charge is 0.454 e. The van der Waals surface area contributed by atoms with Crippen LogP contribution in [0, 0.1) is 5.92 Å². The van der Waals surface area contributed by atoms with Gasteiger partial charge in [-0.25, -0.2) is 19.7 Å². The fraction of sp³-hybridized carbons (Fsp3) is 0.500. The second-order valence-corrected chi connectivity index (χ2v) is 11.8. The molecular formula is C26H34BrClN8O5S. The molecule has 1 fully saturated rings. The number of nitrogens with one attached hydrogen (secondary N) is 1. The van der Waals surface area contributed by atoms with Gasteiger partial charge in [0.1, 0.15) is 6.33 Å². The van der Waals surface area contributed by atoms with Gasteiger partial charge < -0.3 is 40.5 Å². The number of aromatic nitrogens is 4. The van der Waals surface area contributed by atoms with Gasteiger partial charge in [-0.15, -0.1) is 12.4 Å². The van der Waals surface area contributed by atoms with E-state index < -0.39 is 12.2 Å². The first-order chi connectivity index (χ1) is 19.8. The molecule has 0 aliphatic carbocycles. The molecule has 0 saturated carbocycles. The molecule has 4 heterocycles. The Bertz CT molecular complexity index is 1420. The molecule has 228 valence electrons. The monoisotopic (exact) mass is 684 g/mol. The number of nitrogens with two attached hydrogens (primary N) is 2. The highest BCUT2D eigenvalue weighted by molar-refractivity contribution is 9.10. The number of carbonyl (C=O) groups is 2. The first-order valence-corrected chi connectivity index (χ1v) is 15.1. The Kier molecular flexibility index (Phi) is 11.0. The first-order valence-electron chi connectivity index (χ1n) is 13.5. The summed E-state index contributed by atoms with van der Waals surface area (Å²) < 4.78 is 19.2. The minimum Gasteiger partial charge on any atom is -0.454 e. The molecule has 2 aliphatic heterocycles. The Morgan fingerprint density at radius 2 is 1.98 bits per heavy atom. The minimum absolute atomic E-state index is 0. The van der Waals surface area contributed by atoms with Crippen molar-refractivity contribution in [2.75, 3.05) is 38.7 Å². The van der Waals surface area contributed by atoms with E-state index in [1.165, 1.54) is 18.1 Å². The van der Waals surface area contributed by atoms with E-state index in [-0.39, 0.29) is 25.1 Å². The van der Waals surface area contributed by atoms with Crippen molar-refractivity contribution in [3.8, 4) is 11.5 Å². The van der Waals surface area contributed by atoms with E-state index in [4.69, 9.17) is 30.7 Å². The van der Waals surface area contributed by atoms with Gasteiger partial charge in [-0.2, -0.15) is 0 Å². The standard InChI is InChI=1S/C26H33BrN8O5S.ClH/c1-15(40-26(37)30-7-2-6-28)24(36)34-8-3-16(4-9-34)5-10-35-23-21(22(29)31-13-32-23)33-25(35)41-20-12-19-18(11-17(20)27)38-14-39-19;/h11-13,15-16H,2-10,14,28H2,1H3,(H,30,37)(H2,29,31,32);1H/t15-;/m0./s1. The number of aryl methyl sites for hydroxylation is 1. The molecule has 1 aromatic carbocycles. The Hall–Kier alpha value is -3.01. The highest BCUT2D eigenvalue weighted by Crippen LogP contribution is 2.43. The lowest BCUT2D eigenvalue weighted by Gasteiger charge is -2.33. The van der Waals surface area contributed by atoms with Gasteiger partial charge in [0.05, 0.1) is 0 Å². The van der Waals surface area contributed by atoms with E-state index >= 15 is 0 Å². The van der Waals surface area contributed by atoms with Gasteiger partial charge >= 0.3 is 6.09 Å². The van der Waals surface area contributed by atoms with Crippen LogP contribution in [0.3, 0.4) is 0 Å². The van der Waals surface area contributed by atoms with Gasteiger partial charge in [0.2, 0.25) is 6.79 Å². The third kappa shape index (κ3) is 7.30. The number of imidazole rings is 1. The molecule has 1 atom stereocenters. The quantitative estimate of drug-likeness (QED) is 0.266. The molecule has 0 radical (unpaired) electrons. The van der Waals surface area contributed by atoms with E-state index in [1.807, 2.05) is 12.1 Å². The average molecular weight is 686 g/mol. The van der Waals surface area contributed by atoms with Gasteiger partial charge in [-0.1, -0.05) is 11.8 Å². The number of amides is 2. The third-order valence-corrected chi connectivity index (χ3v) is 9.09. The third-order valence-electron chi connectivity index (χ3n) is 7.12. The maximum absolute atomic E-state index is 12.8. The Labute approximate surface area is 262 Å². The molecule has 1 saturated heterocycles. The molecule has 5 N–H and O–H groups in total. The number of anilines is 1.